The lowest BCUT2D eigenvalue weighted by atomic mass is 10.0. The van der Waals surface area contributed by atoms with Crippen molar-refractivity contribution in [3.05, 3.63) is 83.6 Å². The van der Waals surface area contributed by atoms with Gasteiger partial charge in [-0.1, -0.05) is 36.4 Å². The number of amidine groups is 2. The number of H-pyrrole nitrogens is 1. The zero-order valence-electron chi connectivity index (χ0n) is 19.9. The zero-order valence-corrected chi connectivity index (χ0v) is 19.9. The topological polar surface area (TPSA) is 116 Å². The van der Waals surface area contributed by atoms with Crippen LogP contribution in [0.4, 0.5) is 14.6 Å². The molecule has 37 heavy (non-hydrogen) atoms. The number of aliphatic imine (C=N–C) groups is 2. The largest absolute Gasteiger partial charge is 0.381 e. The lowest BCUT2D eigenvalue weighted by molar-refractivity contribution is 0.0486. The highest BCUT2D eigenvalue weighted by Gasteiger charge is 2.40. The number of fused-ring (bicyclic) bond motifs is 1. The number of hydrogen-bond acceptors (Lipinski definition) is 8. The Morgan fingerprint density at radius 1 is 1.08 bits per heavy atom. The number of hydrogen-bond donors (Lipinski definition) is 4. The van der Waals surface area contributed by atoms with E-state index in [-0.39, 0.29) is 18.0 Å². The Morgan fingerprint density at radius 2 is 1.89 bits per heavy atom. The van der Waals surface area contributed by atoms with Crippen LogP contribution in [0, 0.1) is 11.6 Å². The smallest absolute Gasteiger partial charge is 0.210 e. The van der Waals surface area contributed by atoms with Gasteiger partial charge in [-0.15, -0.1) is 0 Å². The van der Waals surface area contributed by atoms with Crippen molar-refractivity contribution in [2.24, 2.45) is 15.7 Å². The maximum atomic E-state index is 14.5. The van der Waals surface area contributed by atoms with Crippen molar-refractivity contribution in [2.45, 2.75) is 31.1 Å². The normalized spacial score (nSPS) is 21.6. The van der Waals surface area contributed by atoms with Gasteiger partial charge in [-0.2, -0.15) is 5.10 Å². The van der Waals surface area contributed by atoms with E-state index in [0.29, 0.717) is 30.7 Å². The predicted molar refractivity (Wildman–Crippen MR) is 136 cm³/mol. The maximum Gasteiger partial charge on any atom is 0.210 e. The van der Waals surface area contributed by atoms with E-state index in [2.05, 4.69) is 20.9 Å². The van der Waals surface area contributed by atoms with Crippen LogP contribution in [0.1, 0.15) is 18.4 Å². The van der Waals surface area contributed by atoms with Crippen LogP contribution in [-0.2, 0) is 11.2 Å². The number of aromatic amines is 1. The molecule has 5 N–H and O–H groups in total. The molecule has 0 bridgehead atoms. The summed E-state index contributed by atoms with van der Waals surface area (Å²) in [5.74, 6) is -1.28. The van der Waals surface area contributed by atoms with Gasteiger partial charge in [0.1, 0.15) is 17.5 Å². The molecule has 6 rings (SSSR count). The number of nitrogens with zero attached hydrogens (tertiary/aromatic N) is 4. The molecule has 0 amide bonds. The van der Waals surface area contributed by atoms with E-state index in [1.165, 1.54) is 12.1 Å². The first-order valence-electron chi connectivity index (χ1n) is 12.1. The summed E-state index contributed by atoms with van der Waals surface area (Å²) in [6.45, 7) is 1.30. The molecule has 0 aliphatic carbocycles. The Balaban J connectivity index is 1.34. The molecule has 1 aromatic heterocycles. The molecule has 0 spiro atoms. The molecule has 1 unspecified atom stereocenters. The first kappa shape index (κ1) is 23.3. The number of aromatic nitrogens is 2. The van der Waals surface area contributed by atoms with Crippen LogP contribution in [0.3, 0.4) is 0 Å². The average Bonchev–Trinajstić information content (AvgIpc) is 3.54. The van der Waals surface area contributed by atoms with Crippen molar-refractivity contribution in [1.29, 1.82) is 0 Å². The molecule has 3 aromatic rings. The number of benzene rings is 2. The summed E-state index contributed by atoms with van der Waals surface area (Å²) in [5, 5.41) is 12.7. The van der Waals surface area contributed by atoms with E-state index in [1.807, 2.05) is 47.6 Å². The summed E-state index contributed by atoms with van der Waals surface area (Å²) in [7, 11) is 0. The quantitative estimate of drug-likeness (QED) is 0.424. The number of hydrazine groups is 1. The molecule has 3 aliphatic rings. The Bertz CT molecular complexity index is 1400. The lowest BCUT2D eigenvalue weighted by Gasteiger charge is -2.36. The standard InChI is InChI=1S/C26H26F2N8O/c27-18-7-6-17(21(28)12-18)14-26(29)32-24(31-23-13-22(34-35-23)16-4-2-1-3-5-16)20-15-30-36(25(20)33-26)19-8-10-37-11-9-19/h1-7,12-13,15,19,30H,8-11,14,29H2,(H2,31,32,34,35). The van der Waals surface area contributed by atoms with E-state index in [1.54, 1.807) is 0 Å². The monoisotopic (exact) mass is 504 g/mol. The molecule has 11 heteroatoms. The first-order valence-corrected chi connectivity index (χ1v) is 12.1. The molecule has 2 aromatic carbocycles. The fraction of sp³-hybridized carbons (Fsp3) is 0.269. The van der Waals surface area contributed by atoms with Gasteiger partial charge in [-0.25, -0.2) is 18.8 Å². The van der Waals surface area contributed by atoms with Crippen LogP contribution in [0.15, 0.2) is 76.4 Å². The van der Waals surface area contributed by atoms with Gasteiger partial charge in [-0.3, -0.25) is 15.8 Å². The van der Waals surface area contributed by atoms with E-state index >= 15 is 0 Å². The molecule has 9 nitrogen and oxygen atoms in total. The second-order valence-corrected chi connectivity index (χ2v) is 9.25. The van der Waals surface area contributed by atoms with Crippen LogP contribution in [-0.4, -0.2) is 51.9 Å². The highest BCUT2D eigenvalue weighted by atomic mass is 19.1. The predicted octanol–water partition coefficient (Wildman–Crippen LogP) is 3.32. The minimum atomic E-state index is -1.53. The van der Waals surface area contributed by atoms with Crippen LogP contribution in [0.2, 0.25) is 0 Å². The number of nitrogens with two attached hydrogens (primary N) is 1. The molecule has 190 valence electrons. The van der Waals surface area contributed by atoms with Crippen LogP contribution >= 0.6 is 0 Å². The summed E-state index contributed by atoms with van der Waals surface area (Å²) in [4.78, 5) is 9.46. The first-order chi connectivity index (χ1) is 18.0. The Labute approximate surface area is 212 Å². The number of rotatable bonds is 5. The Hall–Kier alpha value is -4.09. The van der Waals surface area contributed by atoms with E-state index in [4.69, 9.17) is 20.5 Å². The van der Waals surface area contributed by atoms with E-state index < -0.39 is 17.4 Å². The zero-order chi connectivity index (χ0) is 25.4. The number of anilines is 1. The van der Waals surface area contributed by atoms with Crippen LogP contribution in [0.5, 0.6) is 0 Å². The fourth-order valence-electron chi connectivity index (χ4n) is 4.75. The van der Waals surface area contributed by atoms with Gasteiger partial charge in [0, 0.05) is 38.0 Å². The van der Waals surface area contributed by atoms with Gasteiger partial charge >= 0.3 is 0 Å². The minimum absolute atomic E-state index is 0.0570. The van der Waals surface area contributed by atoms with Crippen molar-refractivity contribution >= 4 is 17.5 Å². The molecule has 0 saturated carbocycles. The summed E-state index contributed by atoms with van der Waals surface area (Å²) < 4.78 is 33.6. The van der Waals surface area contributed by atoms with Gasteiger partial charge in [0.05, 0.1) is 17.3 Å². The summed E-state index contributed by atoms with van der Waals surface area (Å²) in [5.41, 5.74) is 12.7. The van der Waals surface area contributed by atoms with Crippen molar-refractivity contribution in [3.8, 4) is 11.3 Å². The third-order valence-electron chi connectivity index (χ3n) is 6.61. The maximum absolute atomic E-state index is 14.5. The lowest BCUT2D eigenvalue weighted by Crippen LogP contribution is -2.52. The third kappa shape index (κ3) is 4.70. The van der Waals surface area contributed by atoms with Crippen LogP contribution < -0.4 is 16.5 Å². The Morgan fingerprint density at radius 3 is 2.68 bits per heavy atom. The van der Waals surface area contributed by atoms with Gasteiger partial charge in [0.25, 0.3) is 0 Å². The molecule has 3 aliphatic heterocycles. The number of ether oxygens (including phenoxy) is 1. The molecular weight excluding hydrogens is 478 g/mol. The second kappa shape index (κ2) is 9.41. The molecule has 1 fully saturated rings. The number of halogens is 2. The Kier molecular flexibility index (Phi) is 5.93. The van der Waals surface area contributed by atoms with Crippen molar-refractivity contribution < 1.29 is 13.5 Å². The second-order valence-electron chi connectivity index (χ2n) is 9.25. The van der Waals surface area contributed by atoms with Gasteiger partial charge in [0.2, 0.25) is 5.79 Å². The van der Waals surface area contributed by atoms with E-state index in [9.17, 15) is 8.78 Å². The molecule has 1 atom stereocenters. The van der Waals surface area contributed by atoms with Crippen LogP contribution in [0.25, 0.3) is 11.3 Å². The number of nitrogens with one attached hydrogen (secondary N) is 3. The van der Waals surface area contributed by atoms with E-state index in [0.717, 1.165) is 35.7 Å². The molecule has 4 heterocycles. The van der Waals surface area contributed by atoms with Crippen molar-refractivity contribution in [2.75, 3.05) is 18.5 Å². The fourth-order valence-corrected chi connectivity index (χ4v) is 4.75. The highest BCUT2D eigenvalue weighted by molar-refractivity contribution is 6.28. The summed E-state index contributed by atoms with van der Waals surface area (Å²) in [6, 6.07) is 15.2. The highest BCUT2D eigenvalue weighted by Crippen LogP contribution is 2.30. The minimum Gasteiger partial charge on any atom is -0.381 e. The molecule has 0 radical (unpaired) electrons. The van der Waals surface area contributed by atoms with Gasteiger partial charge in [-0.05, 0) is 30.0 Å². The van der Waals surface area contributed by atoms with Gasteiger partial charge in [0.15, 0.2) is 11.7 Å². The summed E-state index contributed by atoms with van der Waals surface area (Å²) in [6.07, 6.45) is 3.40. The average molecular weight is 505 g/mol. The SMILES string of the molecule is NC1(Cc2ccc(F)cc2F)N=C(Nc2cc(-c3ccccc3)[nH]n2)C2=CNN(C3CCOCC3)C2=N1. The van der Waals surface area contributed by atoms with Gasteiger partial charge < -0.3 is 15.5 Å². The van der Waals surface area contributed by atoms with Crippen molar-refractivity contribution in [3.63, 3.8) is 0 Å². The summed E-state index contributed by atoms with van der Waals surface area (Å²) >= 11 is 0. The third-order valence-corrected chi connectivity index (χ3v) is 6.61. The molecular formula is C26H26F2N8O. The molecule has 1 saturated heterocycles. The van der Waals surface area contributed by atoms with Crippen molar-refractivity contribution in [1.82, 2.24) is 20.6 Å².